The Labute approximate surface area is 166 Å². The Hall–Kier alpha value is -3.75. The molecule has 0 aliphatic heterocycles. The third-order valence-electron chi connectivity index (χ3n) is 4.35. The number of amides is 1. The molecule has 4 rings (SSSR count). The molecule has 0 spiro atoms. The van der Waals surface area contributed by atoms with Crippen molar-refractivity contribution in [3.63, 3.8) is 0 Å². The molecule has 0 saturated carbocycles. The topological polar surface area (TPSA) is 55.1 Å². The van der Waals surface area contributed by atoms with E-state index in [1.54, 1.807) is 18.2 Å². The molecule has 1 aromatic heterocycles. The number of rotatable bonds is 3. The molecule has 0 fully saturated rings. The second-order valence-corrected chi connectivity index (χ2v) is 6.47. The van der Waals surface area contributed by atoms with Gasteiger partial charge in [-0.1, -0.05) is 12.1 Å². The second-order valence-electron chi connectivity index (χ2n) is 6.47. The highest BCUT2D eigenvalue weighted by Crippen LogP contribution is 2.28. The lowest BCUT2D eigenvalue weighted by molar-refractivity contribution is 0.101. The van der Waals surface area contributed by atoms with Gasteiger partial charge in [0.25, 0.3) is 5.91 Å². The Kier molecular flexibility index (Phi) is 4.73. The third-order valence-corrected chi connectivity index (χ3v) is 4.35. The van der Waals surface area contributed by atoms with Gasteiger partial charge in [0.05, 0.1) is 0 Å². The van der Waals surface area contributed by atoms with Gasteiger partial charge in [-0.2, -0.15) is 0 Å². The summed E-state index contributed by atoms with van der Waals surface area (Å²) in [5.41, 5.74) is 1.01. The van der Waals surface area contributed by atoms with Crippen LogP contribution in [-0.4, -0.2) is 10.9 Å². The third kappa shape index (κ3) is 3.28. The molecule has 0 saturated heterocycles. The number of carbonyl (C=O) groups is 1. The summed E-state index contributed by atoms with van der Waals surface area (Å²) in [5, 5.41) is 2.12. The van der Waals surface area contributed by atoms with Crippen molar-refractivity contribution in [2.45, 2.75) is 6.92 Å². The zero-order valence-corrected chi connectivity index (χ0v) is 15.2. The van der Waals surface area contributed by atoms with Crippen LogP contribution in [0.3, 0.4) is 0 Å². The van der Waals surface area contributed by atoms with Crippen LogP contribution in [0.25, 0.3) is 22.6 Å². The van der Waals surface area contributed by atoms with Gasteiger partial charge < -0.3 is 9.73 Å². The number of carbonyl (C=O) groups excluding carboxylic acids is 1. The van der Waals surface area contributed by atoms with Gasteiger partial charge in [0, 0.05) is 11.3 Å². The fraction of sp³-hybridized carbons (Fsp3) is 0.0476. The van der Waals surface area contributed by atoms with E-state index >= 15 is 0 Å². The second kappa shape index (κ2) is 7.25. The minimum absolute atomic E-state index is 0.0416. The number of hydrogen-bond acceptors (Lipinski definition) is 3. The molecule has 0 bridgehead atoms. The summed E-state index contributed by atoms with van der Waals surface area (Å²) in [7, 11) is 0. The van der Waals surface area contributed by atoms with E-state index < -0.39 is 40.6 Å². The smallest absolute Gasteiger partial charge is 0.261 e. The summed E-state index contributed by atoms with van der Waals surface area (Å²) in [6.07, 6.45) is 0. The predicted molar refractivity (Wildman–Crippen MR) is 98.4 cm³/mol. The summed E-state index contributed by atoms with van der Waals surface area (Å²) in [4.78, 5) is 16.5. The number of aromatic nitrogens is 1. The van der Waals surface area contributed by atoms with Crippen LogP contribution in [0.15, 0.2) is 46.9 Å². The number of oxazole rings is 1. The molecule has 4 aromatic rings. The Morgan fingerprint density at radius 3 is 2.27 bits per heavy atom. The molecular formula is C21H11F5N2O2. The summed E-state index contributed by atoms with van der Waals surface area (Å²) >= 11 is 0. The highest BCUT2D eigenvalue weighted by molar-refractivity contribution is 6.05. The SMILES string of the molecule is Cc1ccc2nc(-c3cccc(NC(=O)c4c(F)c(F)c(F)c(F)c4F)c3)oc2c1. The Bertz CT molecular complexity index is 1290. The maximum atomic E-state index is 13.8. The maximum absolute atomic E-state index is 13.8. The summed E-state index contributed by atoms with van der Waals surface area (Å²) in [6.45, 7) is 1.89. The molecule has 152 valence electrons. The number of aryl methyl sites for hydroxylation is 1. The van der Waals surface area contributed by atoms with Gasteiger partial charge in [-0.05, 0) is 42.8 Å². The molecule has 3 aromatic carbocycles. The summed E-state index contributed by atoms with van der Waals surface area (Å²) in [6, 6.07) is 11.3. The molecule has 30 heavy (non-hydrogen) atoms. The van der Waals surface area contributed by atoms with Crippen molar-refractivity contribution in [2.75, 3.05) is 5.32 Å². The van der Waals surface area contributed by atoms with E-state index in [1.807, 2.05) is 13.0 Å². The Morgan fingerprint density at radius 1 is 0.900 bits per heavy atom. The molecule has 1 amide bonds. The first-order chi connectivity index (χ1) is 14.3. The minimum atomic E-state index is -2.34. The first-order valence-corrected chi connectivity index (χ1v) is 8.56. The predicted octanol–water partition coefficient (Wildman–Crippen LogP) is 5.75. The quantitative estimate of drug-likeness (QED) is 0.262. The highest BCUT2D eigenvalue weighted by atomic mass is 19.2. The van der Waals surface area contributed by atoms with E-state index in [9.17, 15) is 26.7 Å². The van der Waals surface area contributed by atoms with Crippen molar-refractivity contribution in [3.8, 4) is 11.5 Å². The lowest BCUT2D eigenvalue weighted by atomic mass is 10.1. The zero-order valence-electron chi connectivity index (χ0n) is 15.2. The van der Waals surface area contributed by atoms with E-state index in [0.29, 0.717) is 16.7 Å². The van der Waals surface area contributed by atoms with Gasteiger partial charge in [-0.3, -0.25) is 4.79 Å². The molecule has 9 heteroatoms. The van der Waals surface area contributed by atoms with Crippen LogP contribution in [0.5, 0.6) is 0 Å². The normalized spacial score (nSPS) is 11.1. The lowest BCUT2D eigenvalue weighted by Crippen LogP contribution is -2.19. The van der Waals surface area contributed by atoms with Gasteiger partial charge in [0.15, 0.2) is 28.9 Å². The van der Waals surface area contributed by atoms with Crippen molar-refractivity contribution in [2.24, 2.45) is 0 Å². The van der Waals surface area contributed by atoms with E-state index in [-0.39, 0.29) is 11.6 Å². The van der Waals surface area contributed by atoms with E-state index in [1.165, 1.54) is 18.2 Å². The zero-order chi connectivity index (χ0) is 21.6. The van der Waals surface area contributed by atoms with Gasteiger partial charge in [-0.15, -0.1) is 0 Å². The molecular weight excluding hydrogens is 407 g/mol. The number of halogens is 5. The van der Waals surface area contributed by atoms with Crippen molar-refractivity contribution in [1.29, 1.82) is 0 Å². The van der Waals surface area contributed by atoms with Crippen LogP contribution in [-0.2, 0) is 0 Å². The van der Waals surface area contributed by atoms with Crippen LogP contribution in [0.2, 0.25) is 0 Å². The summed E-state index contributed by atoms with van der Waals surface area (Å²) in [5.74, 6) is -12.4. The van der Waals surface area contributed by atoms with Gasteiger partial charge in [0.2, 0.25) is 11.7 Å². The number of nitrogens with one attached hydrogen (secondary N) is 1. The van der Waals surface area contributed by atoms with Gasteiger partial charge >= 0.3 is 0 Å². The molecule has 0 radical (unpaired) electrons. The molecule has 1 N–H and O–H groups in total. The molecule has 0 aliphatic carbocycles. The van der Waals surface area contributed by atoms with Crippen LogP contribution < -0.4 is 5.32 Å². The molecule has 0 unspecified atom stereocenters. The van der Waals surface area contributed by atoms with Crippen molar-refractivity contribution in [3.05, 3.63) is 82.7 Å². The number of anilines is 1. The molecule has 1 heterocycles. The molecule has 4 nitrogen and oxygen atoms in total. The van der Waals surface area contributed by atoms with E-state index in [4.69, 9.17) is 4.42 Å². The average Bonchev–Trinajstić information content (AvgIpc) is 3.14. The Morgan fingerprint density at radius 2 is 1.57 bits per heavy atom. The van der Waals surface area contributed by atoms with Crippen molar-refractivity contribution in [1.82, 2.24) is 4.98 Å². The van der Waals surface area contributed by atoms with Gasteiger partial charge in [-0.25, -0.2) is 26.9 Å². The number of nitrogens with zero attached hydrogens (tertiary/aromatic N) is 1. The largest absolute Gasteiger partial charge is 0.436 e. The average molecular weight is 418 g/mol. The minimum Gasteiger partial charge on any atom is -0.436 e. The van der Waals surface area contributed by atoms with Crippen molar-refractivity contribution < 1.29 is 31.2 Å². The van der Waals surface area contributed by atoms with Gasteiger partial charge in [0.1, 0.15) is 11.1 Å². The fourth-order valence-corrected chi connectivity index (χ4v) is 2.88. The van der Waals surface area contributed by atoms with E-state index in [0.717, 1.165) is 5.56 Å². The first-order valence-electron chi connectivity index (χ1n) is 8.56. The molecule has 0 aliphatic rings. The standard InChI is InChI=1S/C21H11F5N2O2/c1-9-5-6-12-13(7-9)30-21(28-12)10-3-2-4-11(8-10)27-20(29)14-15(22)17(24)19(26)18(25)16(14)23/h2-8H,1H3,(H,27,29). The van der Waals surface area contributed by atoms with Crippen LogP contribution in [0.4, 0.5) is 27.6 Å². The number of hydrogen-bond donors (Lipinski definition) is 1. The van der Waals surface area contributed by atoms with Crippen LogP contribution in [0.1, 0.15) is 15.9 Å². The highest BCUT2D eigenvalue weighted by Gasteiger charge is 2.29. The Balaban J connectivity index is 1.68. The maximum Gasteiger partial charge on any atom is 0.261 e. The molecule has 0 atom stereocenters. The first kappa shape index (κ1) is 19.6. The van der Waals surface area contributed by atoms with Crippen LogP contribution in [0, 0.1) is 36.0 Å². The lowest BCUT2D eigenvalue weighted by Gasteiger charge is -2.09. The number of benzene rings is 3. The van der Waals surface area contributed by atoms with Crippen molar-refractivity contribution >= 4 is 22.7 Å². The summed E-state index contributed by atoms with van der Waals surface area (Å²) < 4.78 is 73.2. The van der Waals surface area contributed by atoms with Crippen LogP contribution >= 0.6 is 0 Å². The fourth-order valence-electron chi connectivity index (χ4n) is 2.88. The monoisotopic (exact) mass is 418 g/mol. The number of fused-ring (bicyclic) bond motifs is 1. The van der Waals surface area contributed by atoms with E-state index in [2.05, 4.69) is 10.3 Å².